The van der Waals surface area contributed by atoms with E-state index in [0.29, 0.717) is 0 Å². The first-order valence-electron chi connectivity index (χ1n) is 5.93. The molecule has 0 atom stereocenters. The summed E-state index contributed by atoms with van der Waals surface area (Å²) in [6, 6.07) is 8.49. The highest BCUT2D eigenvalue weighted by atomic mass is 32.2. The molecular formula is C14H18N2S. The van der Waals surface area contributed by atoms with Gasteiger partial charge in [-0.25, -0.2) is 0 Å². The van der Waals surface area contributed by atoms with Gasteiger partial charge < -0.3 is 5.32 Å². The quantitative estimate of drug-likeness (QED) is 0.793. The van der Waals surface area contributed by atoms with Gasteiger partial charge in [-0.15, -0.1) is 0 Å². The lowest BCUT2D eigenvalue weighted by atomic mass is 10.1. The second kappa shape index (κ2) is 6.62. The number of fused-ring (bicyclic) bond motifs is 1. The van der Waals surface area contributed by atoms with E-state index in [9.17, 15) is 0 Å². The second-order valence-corrected chi connectivity index (χ2v) is 5.02. The minimum Gasteiger partial charge on any atom is -0.313 e. The van der Waals surface area contributed by atoms with Gasteiger partial charge in [0.15, 0.2) is 0 Å². The van der Waals surface area contributed by atoms with Crippen molar-refractivity contribution < 1.29 is 0 Å². The van der Waals surface area contributed by atoms with Crippen LogP contribution in [-0.2, 0) is 6.54 Å². The van der Waals surface area contributed by atoms with Crippen LogP contribution in [0.1, 0.15) is 12.0 Å². The molecule has 3 heteroatoms. The van der Waals surface area contributed by atoms with Crippen molar-refractivity contribution in [3.05, 3.63) is 42.2 Å². The Hall–Kier alpha value is -1.06. The number of pyridine rings is 1. The van der Waals surface area contributed by atoms with E-state index >= 15 is 0 Å². The lowest BCUT2D eigenvalue weighted by molar-refractivity contribution is 0.681. The summed E-state index contributed by atoms with van der Waals surface area (Å²) in [7, 11) is 0. The molecule has 90 valence electrons. The molecule has 1 N–H and O–H groups in total. The van der Waals surface area contributed by atoms with E-state index in [2.05, 4.69) is 40.8 Å². The van der Waals surface area contributed by atoms with Crippen LogP contribution in [0.25, 0.3) is 10.8 Å². The van der Waals surface area contributed by atoms with Gasteiger partial charge in [0.2, 0.25) is 0 Å². The predicted molar refractivity (Wildman–Crippen MR) is 76.4 cm³/mol. The third-order valence-electron chi connectivity index (χ3n) is 2.79. The van der Waals surface area contributed by atoms with Crippen LogP contribution in [0.3, 0.4) is 0 Å². The maximum Gasteiger partial charge on any atom is 0.0346 e. The van der Waals surface area contributed by atoms with Gasteiger partial charge >= 0.3 is 0 Å². The number of hydrogen-bond acceptors (Lipinski definition) is 3. The third kappa shape index (κ3) is 3.45. The average molecular weight is 246 g/mol. The van der Waals surface area contributed by atoms with Crippen LogP contribution in [0.2, 0.25) is 0 Å². The summed E-state index contributed by atoms with van der Waals surface area (Å²) in [5.41, 5.74) is 1.36. The fourth-order valence-electron chi connectivity index (χ4n) is 1.91. The molecular weight excluding hydrogens is 228 g/mol. The highest BCUT2D eigenvalue weighted by Gasteiger charge is 1.99. The Labute approximate surface area is 107 Å². The summed E-state index contributed by atoms with van der Waals surface area (Å²) in [6.45, 7) is 2.03. The van der Waals surface area contributed by atoms with Crippen LogP contribution in [0.5, 0.6) is 0 Å². The van der Waals surface area contributed by atoms with Gasteiger partial charge in [-0.2, -0.15) is 11.8 Å². The van der Waals surface area contributed by atoms with Gasteiger partial charge in [-0.05, 0) is 42.0 Å². The van der Waals surface area contributed by atoms with Gasteiger partial charge in [-0.1, -0.05) is 18.2 Å². The Bertz CT molecular complexity index is 465. The summed E-state index contributed by atoms with van der Waals surface area (Å²) < 4.78 is 0. The Morgan fingerprint density at radius 3 is 3.12 bits per heavy atom. The summed E-state index contributed by atoms with van der Waals surface area (Å²) >= 11 is 1.90. The van der Waals surface area contributed by atoms with Gasteiger partial charge in [0.1, 0.15) is 0 Å². The van der Waals surface area contributed by atoms with E-state index in [1.807, 2.05) is 24.2 Å². The molecule has 17 heavy (non-hydrogen) atoms. The van der Waals surface area contributed by atoms with Crippen molar-refractivity contribution in [1.29, 1.82) is 0 Å². The Morgan fingerprint density at radius 2 is 2.24 bits per heavy atom. The van der Waals surface area contributed by atoms with Crippen molar-refractivity contribution >= 4 is 22.5 Å². The topological polar surface area (TPSA) is 24.9 Å². The molecule has 0 radical (unpaired) electrons. The first-order chi connectivity index (χ1) is 8.42. The van der Waals surface area contributed by atoms with Crippen molar-refractivity contribution in [2.24, 2.45) is 0 Å². The first-order valence-corrected chi connectivity index (χ1v) is 7.32. The molecule has 2 rings (SSSR count). The molecule has 0 aliphatic carbocycles. The molecule has 0 bridgehead atoms. The zero-order valence-corrected chi connectivity index (χ0v) is 11.0. The van der Waals surface area contributed by atoms with Crippen molar-refractivity contribution in [2.45, 2.75) is 13.0 Å². The van der Waals surface area contributed by atoms with Crippen molar-refractivity contribution in [3.63, 3.8) is 0 Å². The second-order valence-electron chi connectivity index (χ2n) is 4.04. The molecule has 1 heterocycles. The Kier molecular flexibility index (Phi) is 4.83. The SMILES string of the molecule is CSCCCNCc1cccc2cnccc12. The van der Waals surface area contributed by atoms with Crippen LogP contribution in [0.15, 0.2) is 36.7 Å². The third-order valence-corrected chi connectivity index (χ3v) is 3.49. The minimum atomic E-state index is 0.940. The lowest BCUT2D eigenvalue weighted by Crippen LogP contribution is -2.15. The molecule has 0 spiro atoms. The molecule has 0 amide bonds. The van der Waals surface area contributed by atoms with E-state index in [-0.39, 0.29) is 0 Å². The highest BCUT2D eigenvalue weighted by molar-refractivity contribution is 7.98. The van der Waals surface area contributed by atoms with Crippen molar-refractivity contribution in [3.8, 4) is 0 Å². The summed E-state index contributed by atoms with van der Waals surface area (Å²) in [5, 5.41) is 6.02. The molecule has 1 aromatic carbocycles. The van der Waals surface area contributed by atoms with Crippen LogP contribution in [0.4, 0.5) is 0 Å². The van der Waals surface area contributed by atoms with Crippen molar-refractivity contribution in [2.75, 3.05) is 18.6 Å². The standard InChI is InChI=1S/C14H18N2S/c1-17-9-3-7-15-10-12-4-2-5-13-11-16-8-6-14(12)13/h2,4-6,8,11,15H,3,7,9-10H2,1H3. The van der Waals surface area contributed by atoms with Gasteiger partial charge in [0.25, 0.3) is 0 Å². The number of hydrogen-bond donors (Lipinski definition) is 1. The predicted octanol–water partition coefficient (Wildman–Crippen LogP) is 3.08. The van der Waals surface area contributed by atoms with E-state index in [4.69, 9.17) is 0 Å². The maximum absolute atomic E-state index is 4.15. The van der Waals surface area contributed by atoms with E-state index in [1.54, 1.807) is 0 Å². The molecule has 0 saturated heterocycles. The first kappa shape index (κ1) is 12.4. The van der Waals surface area contributed by atoms with E-state index in [0.717, 1.165) is 13.1 Å². The van der Waals surface area contributed by atoms with E-state index in [1.165, 1.54) is 28.5 Å². The fraction of sp³-hybridized carbons (Fsp3) is 0.357. The van der Waals surface area contributed by atoms with E-state index < -0.39 is 0 Å². The number of nitrogens with one attached hydrogen (secondary N) is 1. The number of nitrogens with zero attached hydrogens (tertiary/aromatic N) is 1. The number of benzene rings is 1. The zero-order chi connectivity index (χ0) is 11.9. The maximum atomic E-state index is 4.15. The summed E-state index contributed by atoms with van der Waals surface area (Å²) in [5.74, 6) is 1.23. The molecule has 0 aliphatic rings. The molecule has 0 unspecified atom stereocenters. The zero-order valence-electron chi connectivity index (χ0n) is 10.1. The largest absolute Gasteiger partial charge is 0.313 e. The van der Waals surface area contributed by atoms with Crippen molar-refractivity contribution in [1.82, 2.24) is 10.3 Å². The average Bonchev–Trinajstić information content (AvgIpc) is 2.39. The molecule has 0 fully saturated rings. The molecule has 0 aliphatic heterocycles. The molecule has 1 aromatic heterocycles. The molecule has 0 saturated carbocycles. The smallest absolute Gasteiger partial charge is 0.0346 e. The van der Waals surface area contributed by atoms with Crippen LogP contribution >= 0.6 is 11.8 Å². The van der Waals surface area contributed by atoms with Crippen LogP contribution < -0.4 is 5.32 Å². The molecule has 2 aromatic rings. The van der Waals surface area contributed by atoms with Crippen LogP contribution in [0, 0.1) is 0 Å². The lowest BCUT2D eigenvalue weighted by Gasteiger charge is -2.07. The highest BCUT2D eigenvalue weighted by Crippen LogP contribution is 2.16. The number of aromatic nitrogens is 1. The number of rotatable bonds is 6. The monoisotopic (exact) mass is 246 g/mol. The number of thioether (sulfide) groups is 1. The summed E-state index contributed by atoms with van der Waals surface area (Å²) in [6.07, 6.45) is 7.16. The fourth-order valence-corrected chi connectivity index (χ4v) is 2.34. The van der Waals surface area contributed by atoms with Gasteiger partial charge in [-0.3, -0.25) is 4.98 Å². The minimum absolute atomic E-state index is 0.940. The van der Waals surface area contributed by atoms with Gasteiger partial charge in [0, 0.05) is 24.3 Å². The Balaban J connectivity index is 1.98. The Morgan fingerprint density at radius 1 is 1.29 bits per heavy atom. The van der Waals surface area contributed by atoms with Crippen LogP contribution in [-0.4, -0.2) is 23.5 Å². The summed E-state index contributed by atoms with van der Waals surface area (Å²) in [4.78, 5) is 4.15. The normalized spacial score (nSPS) is 10.9. The molecule has 2 nitrogen and oxygen atoms in total. The van der Waals surface area contributed by atoms with Gasteiger partial charge in [0.05, 0.1) is 0 Å².